The molecule has 0 aliphatic carbocycles. The lowest BCUT2D eigenvalue weighted by Crippen LogP contribution is -2.28. The molecule has 1 aliphatic heterocycles. The fraction of sp³-hybridized carbons (Fsp3) is 0.625. The van der Waals surface area contributed by atoms with Crippen molar-refractivity contribution in [2.45, 2.75) is 19.3 Å². The highest BCUT2D eigenvalue weighted by Gasteiger charge is 2.07. The van der Waals surface area contributed by atoms with Gasteiger partial charge < -0.3 is 4.90 Å². The van der Waals surface area contributed by atoms with Crippen LogP contribution in [-0.4, -0.2) is 39.7 Å². The summed E-state index contributed by atoms with van der Waals surface area (Å²) in [5.74, 6) is 0.456. The first kappa shape index (κ1) is 12.3. The number of likely N-dealkylation sites (tertiary alicyclic amines) is 1. The molecule has 84 valence electrons. The van der Waals surface area contributed by atoms with Gasteiger partial charge in [0, 0.05) is 13.1 Å². The Bertz CT molecular complexity index is 319. The van der Waals surface area contributed by atoms with E-state index in [1.165, 1.54) is 19.3 Å². The molecule has 0 radical (unpaired) electrons. The molecule has 0 unspecified atom stereocenters. The summed E-state index contributed by atoms with van der Waals surface area (Å²) in [5, 5.41) is 10.2. The molecule has 2 heterocycles. The van der Waals surface area contributed by atoms with Crippen LogP contribution in [-0.2, 0) is 0 Å². The molecule has 1 saturated heterocycles. The second kappa shape index (κ2) is 5.92. The zero-order valence-corrected chi connectivity index (χ0v) is 9.76. The van der Waals surface area contributed by atoms with Crippen molar-refractivity contribution in [1.82, 2.24) is 20.3 Å². The van der Waals surface area contributed by atoms with Crippen LogP contribution in [0.1, 0.15) is 19.3 Å². The maximum atomic E-state index is 5.72. The van der Waals surface area contributed by atoms with E-state index in [2.05, 4.69) is 25.3 Å². The number of rotatable bonds is 2. The van der Waals surface area contributed by atoms with Crippen molar-refractivity contribution in [3.63, 3.8) is 0 Å². The van der Waals surface area contributed by atoms with Gasteiger partial charge in [0.25, 0.3) is 0 Å². The SMILES string of the molecule is Cl.Clc1n[nH]nc1N=CN1CCCCC1. The van der Waals surface area contributed by atoms with Crippen molar-refractivity contribution in [3.8, 4) is 0 Å². The van der Waals surface area contributed by atoms with Gasteiger partial charge in [0.05, 0.1) is 6.34 Å². The number of hydrogen-bond donors (Lipinski definition) is 1. The molecule has 7 heteroatoms. The van der Waals surface area contributed by atoms with Gasteiger partial charge in [0.2, 0.25) is 5.82 Å². The minimum atomic E-state index is 0. The highest BCUT2D eigenvalue weighted by atomic mass is 35.5. The monoisotopic (exact) mass is 249 g/mol. The van der Waals surface area contributed by atoms with Crippen LogP contribution in [0.2, 0.25) is 5.15 Å². The predicted molar refractivity (Wildman–Crippen MR) is 62.2 cm³/mol. The smallest absolute Gasteiger partial charge is 0.214 e. The molecule has 2 rings (SSSR count). The minimum absolute atomic E-state index is 0. The van der Waals surface area contributed by atoms with Gasteiger partial charge in [-0.25, -0.2) is 4.99 Å². The number of aliphatic imine (C=N–C) groups is 1. The lowest BCUT2D eigenvalue weighted by atomic mass is 10.1. The molecule has 0 saturated carbocycles. The molecule has 5 nitrogen and oxygen atoms in total. The van der Waals surface area contributed by atoms with Crippen molar-refractivity contribution in [2.24, 2.45) is 4.99 Å². The summed E-state index contributed by atoms with van der Waals surface area (Å²) in [6, 6.07) is 0. The van der Waals surface area contributed by atoms with E-state index >= 15 is 0 Å². The van der Waals surface area contributed by atoms with Crippen molar-refractivity contribution >= 4 is 36.2 Å². The molecule has 1 aromatic heterocycles. The average molecular weight is 250 g/mol. The van der Waals surface area contributed by atoms with E-state index in [1.807, 2.05) is 0 Å². The molecule has 1 aromatic rings. The Labute approximate surface area is 99.3 Å². The van der Waals surface area contributed by atoms with Crippen molar-refractivity contribution in [3.05, 3.63) is 5.15 Å². The summed E-state index contributed by atoms with van der Waals surface area (Å²) in [7, 11) is 0. The van der Waals surface area contributed by atoms with E-state index in [-0.39, 0.29) is 12.4 Å². The Kier molecular flexibility index (Phi) is 4.84. The molecule has 0 atom stereocenters. The minimum Gasteiger partial charge on any atom is -0.363 e. The van der Waals surface area contributed by atoms with Crippen LogP contribution in [0.15, 0.2) is 4.99 Å². The Morgan fingerprint density at radius 1 is 1.27 bits per heavy atom. The van der Waals surface area contributed by atoms with Crippen LogP contribution in [0.5, 0.6) is 0 Å². The first-order valence-corrected chi connectivity index (χ1v) is 5.08. The van der Waals surface area contributed by atoms with E-state index in [1.54, 1.807) is 6.34 Å². The fourth-order valence-corrected chi connectivity index (χ4v) is 1.59. The molecular formula is C8H13Cl2N5. The highest BCUT2D eigenvalue weighted by Crippen LogP contribution is 2.17. The summed E-state index contributed by atoms with van der Waals surface area (Å²) >= 11 is 5.72. The van der Waals surface area contributed by atoms with Crippen molar-refractivity contribution in [2.75, 3.05) is 13.1 Å². The van der Waals surface area contributed by atoms with Gasteiger partial charge in [-0.15, -0.1) is 22.6 Å². The van der Waals surface area contributed by atoms with Gasteiger partial charge >= 0.3 is 0 Å². The number of aromatic nitrogens is 3. The topological polar surface area (TPSA) is 57.2 Å². The number of aromatic amines is 1. The van der Waals surface area contributed by atoms with Crippen LogP contribution < -0.4 is 0 Å². The third-order valence-corrected chi connectivity index (χ3v) is 2.48. The van der Waals surface area contributed by atoms with E-state index in [4.69, 9.17) is 11.6 Å². The van der Waals surface area contributed by atoms with Crippen LogP contribution in [0.4, 0.5) is 5.82 Å². The predicted octanol–water partition coefficient (Wildman–Crippen LogP) is 2.03. The van der Waals surface area contributed by atoms with Crippen LogP contribution in [0.3, 0.4) is 0 Å². The third kappa shape index (κ3) is 3.35. The fourth-order valence-electron chi connectivity index (χ4n) is 1.46. The Morgan fingerprint density at radius 3 is 2.60 bits per heavy atom. The number of nitrogens with one attached hydrogen (secondary N) is 1. The second-order valence-electron chi connectivity index (χ2n) is 3.28. The van der Waals surface area contributed by atoms with Crippen molar-refractivity contribution in [1.29, 1.82) is 0 Å². The summed E-state index contributed by atoms with van der Waals surface area (Å²) in [5.41, 5.74) is 0. The van der Waals surface area contributed by atoms with E-state index < -0.39 is 0 Å². The van der Waals surface area contributed by atoms with Gasteiger partial charge in [-0.3, -0.25) is 0 Å². The summed E-state index contributed by atoms with van der Waals surface area (Å²) < 4.78 is 0. The first-order valence-electron chi connectivity index (χ1n) is 4.71. The standard InChI is InChI=1S/C8H12ClN5.ClH/c9-7-8(12-13-11-7)10-6-14-4-2-1-3-5-14;/h6H,1-5H2,(H,11,12,13);1H. The first-order chi connectivity index (χ1) is 6.86. The zero-order chi connectivity index (χ0) is 9.80. The lowest BCUT2D eigenvalue weighted by Gasteiger charge is -2.23. The Morgan fingerprint density at radius 2 is 2.00 bits per heavy atom. The van der Waals surface area contributed by atoms with E-state index in [0.717, 1.165) is 13.1 Å². The lowest BCUT2D eigenvalue weighted by molar-refractivity contribution is 0.351. The molecule has 0 bridgehead atoms. The number of halogens is 2. The van der Waals surface area contributed by atoms with E-state index in [9.17, 15) is 0 Å². The molecule has 0 aromatic carbocycles. The maximum Gasteiger partial charge on any atom is 0.214 e. The zero-order valence-electron chi connectivity index (χ0n) is 8.19. The van der Waals surface area contributed by atoms with Crippen LogP contribution >= 0.6 is 24.0 Å². The molecular weight excluding hydrogens is 237 g/mol. The largest absolute Gasteiger partial charge is 0.363 e. The molecule has 1 fully saturated rings. The third-order valence-electron chi connectivity index (χ3n) is 2.22. The summed E-state index contributed by atoms with van der Waals surface area (Å²) in [6.07, 6.45) is 5.58. The number of hydrogen-bond acceptors (Lipinski definition) is 3. The molecule has 0 amide bonds. The van der Waals surface area contributed by atoms with Gasteiger partial charge in [-0.1, -0.05) is 11.6 Å². The Hall–Kier alpha value is -0.810. The van der Waals surface area contributed by atoms with E-state index in [0.29, 0.717) is 11.0 Å². The molecule has 15 heavy (non-hydrogen) atoms. The average Bonchev–Trinajstić information content (AvgIpc) is 2.63. The second-order valence-corrected chi connectivity index (χ2v) is 3.64. The Balaban J connectivity index is 0.00000112. The molecule has 0 spiro atoms. The highest BCUT2D eigenvalue weighted by molar-refractivity contribution is 6.31. The summed E-state index contributed by atoms with van der Waals surface area (Å²) in [4.78, 5) is 6.33. The van der Waals surface area contributed by atoms with Gasteiger partial charge in [0.1, 0.15) is 0 Å². The molecule has 1 N–H and O–H groups in total. The van der Waals surface area contributed by atoms with Gasteiger partial charge in [-0.05, 0) is 19.3 Å². The van der Waals surface area contributed by atoms with Crippen LogP contribution in [0.25, 0.3) is 0 Å². The quantitative estimate of drug-likeness (QED) is 0.645. The number of H-pyrrole nitrogens is 1. The maximum absolute atomic E-state index is 5.72. The van der Waals surface area contributed by atoms with Crippen LogP contribution in [0, 0.1) is 0 Å². The van der Waals surface area contributed by atoms with Gasteiger partial charge in [0.15, 0.2) is 5.15 Å². The summed E-state index contributed by atoms with van der Waals surface area (Å²) in [6.45, 7) is 2.14. The molecule has 1 aliphatic rings. The number of piperidine rings is 1. The normalized spacial score (nSPS) is 16.7. The number of nitrogens with zero attached hydrogens (tertiary/aromatic N) is 4. The van der Waals surface area contributed by atoms with Crippen molar-refractivity contribution < 1.29 is 0 Å². The van der Waals surface area contributed by atoms with Gasteiger partial charge in [-0.2, -0.15) is 5.21 Å².